The van der Waals surface area contributed by atoms with Crippen molar-refractivity contribution in [3.8, 4) is 0 Å². The third kappa shape index (κ3) is 5.66. The van der Waals surface area contributed by atoms with E-state index in [1.165, 1.54) is 6.07 Å². The zero-order chi connectivity index (χ0) is 22.2. The highest BCUT2D eigenvalue weighted by Crippen LogP contribution is 2.18. The first-order valence-electron chi connectivity index (χ1n) is 10.2. The van der Waals surface area contributed by atoms with E-state index in [9.17, 15) is 14.4 Å². The number of nitrogens with one attached hydrogen (secondary N) is 1. The first-order valence-corrected chi connectivity index (χ1v) is 10.2. The number of amides is 1. The monoisotopic (exact) mass is 415 g/mol. The molecule has 3 aromatic carbocycles. The maximum absolute atomic E-state index is 12.8. The first-order chi connectivity index (χ1) is 15.0. The Morgan fingerprint density at radius 2 is 1.45 bits per heavy atom. The summed E-state index contributed by atoms with van der Waals surface area (Å²) in [5, 5.41) is 2.89. The molecule has 5 nitrogen and oxygen atoms in total. The molecule has 158 valence electrons. The van der Waals surface area contributed by atoms with Crippen LogP contribution >= 0.6 is 0 Å². The van der Waals surface area contributed by atoms with Crippen molar-refractivity contribution in [1.29, 1.82) is 0 Å². The van der Waals surface area contributed by atoms with Gasteiger partial charge in [0, 0.05) is 11.1 Å². The number of rotatable bonds is 8. The molecule has 0 fully saturated rings. The van der Waals surface area contributed by atoms with Gasteiger partial charge in [0.2, 0.25) is 0 Å². The number of carbonyl (C=O) groups excluding carboxylic acids is 3. The van der Waals surface area contributed by atoms with Gasteiger partial charge in [0.05, 0.1) is 11.6 Å². The molecule has 0 unspecified atom stereocenters. The summed E-state index contributed by atoms with van der Waals surface area (Å²) in [7, 11) is 0. The van der Waals surface area contributed by atoms with Crippen molar-refractivity contribution in [1.82, 2.24) is 5.32 Å². The van der Waals surface area contributed by atoms with Gasteiger partial charge in [0.25, 0.3) is 5.91 Å². The van der Waals surface area contributed by atoms with Gasteiger partial charge in [0.15, 0.2) is 12.4 Å². The first kappa shape index (κ1) is 22.0. The summed E-state index contributed by atoms with van der Waals surface area (Å²) in [4.78, 5) is 37.8. The van der Waals surface area contributed by atoms with E-state index in [4.69, 9.17) is 4.74 Å². The lowest BCUT2D eigenvalue weighted by Crippen LogP contribution is -2.32. The van der Waals surface area contributed by atoms with Crippen LogP contribution in [-0.2, 0) is 9.53 Å². The molecule has 3 rings (SSSR count). The molecular weight excluding hydrogens is 390 g/mol. The quantitative estimate of drug-likeness (QED) is 0.429. The van der Waals surface area contributed by atoms with Gasteiger partial charge >= 0.3 is 5.97 Å². The lowest BCUT2D eigenvalue weighted by atomic mass is 9.98. The molecule has 5 heteroatoms. The summed E-state index contributed by atoms with van der Waals surface area (Å²) >= 11 is 0. The molecule has 0 aliphatic rings. The number of esters is 1. The Bertz CT molecular complexity index is 1060. The fourth-order valence-corrected chi connectivity index (χ4v) is 3.27. The predicted octanol–water partition coefficient (Wildman–Crippen LogP) is 4.65. The lowest BCUT2D eigenvalue weighted by molar-refractivity contribution is -0.125. The molecule has 1 N–H and O–H groups in total. The van der Waals surface area contributed by atoms with Crippen LogP contribution in [0.1, 0.15) is 56.8 Å². The van der Waals surface area contributed by atoms with Crippen LogP contribution < -0.4 is 5.32 Å². The Kier molecular flexibility index (Phi) is 7.33. The maximum atomic E-state index is 12.8. The van der Waals surface area contributed by atoms with Crippen molar-refractivity contribution in [2.45, 2.75) is 26.3 Å². The minimum Gasteiger partial charge on any atom is -0.452 e. The summed E-state index contributed by atoms with van der Waals surface area (Å²) in [5.74, 6) is -1.38. The van der Waals surface area contributed by atoms with Gasteiger partial charge < -0.3 is 10.1 Å². The zero-order valence-corrected chi connectivity index (χ0v) is 17.6. The van der Waals surface area contributed by atoms with Crippen LogP contribution in [0.5, 0.6) is 0 Å². The van der Waals surface area contributed by atoms with Crippen LogP contribution in [0, 0.1) is 6.92 Å². The van der Waals surface area contributed by atoms with Crippen LogP contribution in [0.25, 0.3) is 0 Å². The topological polar surface area (TPSA) is 72.5 Å². The molecule has 0 aliphatic heterocycles. The van der Waals surface area contributed by atoms with E-state index >= 15 is 0 Å². The molecule has 1 atom stereocenters. The van der Waals surface area contributed by atoms with Crippen molar-refractivity contribution >= 4 is 17.7 Å². The van der Waals surface area contributed by atoms with Gasteiger partial charge in [-0.15, -0.1) is 0 Å². The van der Waals surface area contributed by atoms with Crippen LogP contribution in [0.2, 0.25) is 0 Å². The second-order valence-electron chi connectivity index (χ2n) is 7.26. The van der Waals surface area contributed by atoms with E-state index in [1.807, 2.05) is 44.2 Å². The van der Waals surface area contributed by atoms with E-state index < -0.39 is 18.5 Å². The molecular formula is C26H25NO4. The Morgan fingerprint density at radius 3 is 2.10 bits per heavy atom. The summed E-state index contributed by atoms with van der Waals surface area (Å²) in [6, 6.07) is 22.9. The molecule has 0 bridgehead atoms. The van der Waals surface area contributed by atoms with Gasteiger partial charge in [-0.2, -0.15) is 0 Å². The number of carbonyl (C=O) groups is 3. The molecule has 0 radical (unpaired) electrons. The molecule has 0 saturated carbocycles. The summed E-state index contributed by atoms with van der Waals surface area (Å²) in [5.41, 5.74) is 2.98. The maximum Gasteiger partial charge on any atom is 0.339 e. The average molecular weight is 415 g/mol. The number of ketones is 1. The van der Waals surface area contributed by atoms with E-state index in [0.29, 0.717) is 12.0 Å². The third-order valence-electron chi connectivity index (χ3n) is 4.99. The van der Waals surface area contributed by atoms with Gasteiger partial charge in [-0.05, 0) is 25.0 Å². The average Bonchev–Trinajstić information content (AvgIpc) is 2.81. The van der Waals surface area contributed by atoms with Crippen LogP contribution in [-0.4, -0.2) is 24.3 Å². The van der Waals surface area contributed by atoms with Crippen molar-refractivity contribution in [2.75, 3.05) is 6.61 Å². The van der Waals surface area contributed by atoms with Crippen LogP contribution in [0.15, 0.2) is 78.9 Å². The highest BCUT2D eigenvalue weighted by Gasteiger charge is 2.20. The highest BCUT2D eigenvalue weighted by atomic mass is 16.5. The molecule has 0 aromatic heterocycles. The number of benzene rings is 3. The van der Waals surface area contributed by atoms with Gasteiger partial charge in [-0.3, -0.25) is 9.59 Å². The number of hydrogen-bond donors (Lipinski definition) is 1. The fourth-order valence-electron chi connectivity index (χ4n) is 3.27. The Hall–Kier alpha value is -3.73. The summed E-state index contributed by atoms with van der Waals surface area (Å²) in [6.45, 7) is 3.56. The lowest BCUT2D eigenvalue weighted by Gasteiger charge is -2.18. The highest BCUT2D eigenvalue weighted by molar-refractivity contribution is 6.14. The van der Waals surface area contributed by atoms with Gasteiger partial charge in [0.1, 0.15) is 0 Å². The summed E-state index contributed by atoms with van der Waals surface area (Å²) in [6.07, 6.45) is 0.706. The Balaban J connectivity index is 1.65. The fraction of sp³-hybridized carbons (Fsp3) is 0.192. The second kappa shape index (κ2) is 10.3. The van der Waals surface area contributed by atoms with Crippen LogP contribution in [0.3, 0.4) is 0 Å². The normalized spacial score (nSPS) is 11.4. The molecule has 0 spiro atoms. The van der Waals surface area contributed by atoms with E-state index in [-0.39, 0.29) is 23.0 Å². The van der Waals surface area contributed by atoms with E-state index in [0.717, 1.165) is 11.1 Å². The minimum absolute atomic E-state index is 0.134. The molecule has 3 aromatic rings. The van der Waals surface area contributed by atoms with Gasteiger partial charge in [-0.1, -0.05) is 85.3 Å². The molecule has 0 saturated heterocycles. The SMILES string of the molecule is CC[C@@H](NC(=O)COC(=O)c1ccccc1C(=O)c1ccccc1)c1ccc(C)cc1. The largest absolute Gasteiger partial charge is 0.452 e. The molecule has 1 amide bonds. The van der Waals surface area contributed by atoms with Crippen molar-refractivity contribution in [2.24, 2.45) is 0 Å². The van der Waals surface area contributed by atoms with Gasteiger partial charge in [-0.25, -0.2) is 4.79 Å². The standard InChI is InChI=1S/C26H25NO4/c1-3-23(19-15-13-18(2)14-16-19)27-24(28)17-31-26(30)22-12-8-7-11-21(22)25(29)20-9-5-4-6-10-20/h4-16,23H,3,17H2,1-2H3,(H,27,28)/t23-/m1/s1. The Labute approximate surface area is 182 Å². The number of aryl methyl sites for hydroxylation is 1. The smallest absolute Gasteiger partial charge is 0.339 e. The zero-order valence-electron chi connectivity index (χ0n) is 17.6. The second-order valence-corrected chi connectivity index (χ2v) is 7.26. The van der Waals surface area contributed by atoms with Crippen molar-refractivity contribution in [3.63, 3.8) is 0 Å². The molecule has 0 heterocycles. The van der Waals surface area contributed by atoms with E-state index in [2.05, 4.69) is 5.32 Å². The third-order valence-corrected chi connectivity index (χ3v) is 4.99. The van der Waals surface area contributed by atoms with E-state index in [1.54, 1.807) is 42.5 Å². The number of hydrogen-bond acceptors (Lipinski definition) is 4. The number of ether oxygens (including phenoxy) is 1. The molecule has 31 heavy (non-hydrogen) atoms. The van der Waals surface area contributed by atoms with Crippen LogP contribution in [0.4, 0.5) is 0 Å². The molecule has 0 aliphatic carbocycles. The minimum atomic E-state index is -0.710. The summed E-state index contributed by atoms with van der Waals surface area (Å²) < 4.78 is 5.21. The Morgan fingerprint density at radius 1 is 0.839 bits per heavy atom. The predicted molar refractivity (Wildman–Crippen MR) is 119 cm³/mol. The van der Waals surface area contributed by atoms with Crippen molar-refractivity contribution < 1.29 is 19.1 Å². The van der Waals surface area contributed by atoms with Crippen molar-refractivity contribution in [3.05, 3.63) is 107 Å².